The van der Waals surface area contributed by atoms with E-state index in [0.717, 1.165) is 12.8 Å². The van der Waals surface area contributed by atoms with Crippen molar-refractivity contribution in [3.63, 3.8) is 0 Å². The lowest BCUT2D eigenvalue weighted by atomic mass is 10.2. The zero-order valence-electron chi connectivity index (χ0n) is 10.2. The van der Waals surface area contributed by atoms with Crippen LogP contribution in [0.5, 0.6) is 0 Å². The number of esters is 1. The van der Waals surface area contributed by atoms with E-state index in [2.05, 4.69) is 5.32 Å². The lowest BCUT2D eigenvalue weighted by Gasteiger charge is -2.16. The maximum absolute atomic E-state index is 11.4. The van der Waals surface area contributed by atoms with E-state index in [-0.39, 0.29) is 0 Å². The van der Waals surface area contributed by atoms with Crippen molar-refractivity contribution in [2.24, 2.45) is 0 Å². The van der Waals surface area contributed by atoms with Crippen LogP contribution < -0.4 is 5.32 Å². The standard InChI is InChI=1S/C11H21NO4/c1-4-7-9(10(13)15-6-3)12-11(14)16-8-5-2/h9H,4-8H2,1-3H3,(H,12,14). The monoisotopic (exact) mass is 231 g/mol. The minimum atomic E-state index is -0.602. The van der Waals surface area contributed by atoms with Gasteiger partial charge < -0.3 is 14.8 Å². The van der Waals surface area contributed by atoms with Crippen LogP contribution in [0, 0.1) is 0 Å². The lowest BCUT2D eigenvalue weighted by Crippen LogP contribution is -2.42. The molecule has 1 atom stereocenters. The van der Waals surface area contributed by atoms with Crippen molar-refractivity contribution in [2.75, 3.05) is 13.2 Å². The third kappa shape index (κ3) is 6.27. The summed E-state index contributed by atoms with van der Waals surface area (Å²) in [6.07, 6.45) is 1.54. The minimum Gasteiger partial charge on any atom is -0.464 e. The maximum atomic E-state index is 11.4. The number of carbonyl (C=O) groups is 2. The predicted molar refractivity (Wildman–Crippen MR) is 60.1 cm³/mol. The minimum absolute atomic E-state index is 0.310. The largest absolute Gasteiger partial charge is 0.464 e. The van der Waals surface area contributed by atoms with Crippen LogP contribution in [0.1, 0.15) is 40.0 Å². The second-order valence-corrected chi connectivity index (χ2v) is 3.37. The molecule has 0 aromatic rings. The Kier molecular flexibility index (Phi) is 8.29. The van der Waals surface area contributed by atoms with Crippen LogP contribution in [0.3, 0.4) is 0 Å². The molecule has 0 heterocycles. The van der Waals surface area contributed by atoms with Crippen LogP contribution >= 0.6 is 0 Å². The molecule has 0 aliphatic heterocycles. The summed E-state index contributed by atoms with van der Waals surface area (Å²) in [6, 6.07) is -0.602. The Balaban J connectivity index is 4.10. The zero-order chi connectivity index (χ0) is 12.4. The molecule has 94 valence electrons. The average molecular weight is 231 g/mol. The van der Waals surface area contributed by atoms with Crippen LogP contribution in [0.4, 0.5) is 4.79 Å². The highest BCUT2D eigenvalue weighted by Gasteiger charge is 2.21. The van der Waals surface area contributed by atoms with Gasteiger partial charge in [0.15, 0.2) is 0 Å². The molecule has 5 nitrogen and oxygen atoms in total. The molecule has 1 N–H and O–H groups in total. The Morgan fingerprint density at radius 3 is 2.31 bits per heavy atom. The molecule has 0 aliphatic carbocycles. The van der Waals surface area contributed by atoms with Gasteiger partial charge in [-0.05, 0) is 19.8 Å². The third-order valence-corrected chi connectivity index (χ3v) is 1.88. The van der Waals surface area contributed by atoms with E-state index >= 15 is 0 Å². The van der Waals surface area contributed by atoms with Gasteiger partial charge in [-0.25, -0.2) is 9.59 Å². The first kappa shape index (κ1) is 14.7. The topological polar surface area (TPSA) is 64.6 Å². The van der Waals surface area contributed by atoms with Crippen LogP contribution in [0.2, 0.25) is 0 Å². The van der Waals surface area contributed by atoms with Crippen molar-refractivity contribution >= 4 is 12.1 Å². The molecule has 0 aromatic carbocycles. The third-order valence-electron chi connectivity index (χ3n) is 1.88. The molecule has 0 radical (unpaired) electrons. The number of rotatable bonds is 7. The molecular formula is C11H21NO4. The predicted octanol–water partition coefficient (Wildman–Crippen LogP) is 1.85. The highest BCUT2D eigenvalue weighted by atomic mass is 16.6. The molecule has 16 heavy (non-hydrogen) atoms. The molecule has 0 aliphatic rings. The summed E-state index contributed by atoms with van der Waals surface area (Å²) in [7, 11) is 0. The Hall–Kier alpha value is -1.26. The van der Waals surface area contributed by atoms with Gasteiger partial charge in [-0.1, -0.05) is 20.3 Å². The molecule has 0 fully saturated rings. The summed E-state index contributed by atoms with van der Waals surface area (Å²) in [5.41, 5.74) is 0. The first-order chi connectivity index (χ1) is 7.65. The van der Waals surface area contributed by atoms with E-state index in [0.29, 0.717) is 19.6 Å². The van der Waals surface area contributed by atoms with E-state index in [1.165, 1.54) is 0 Å². The summed E-state index contributed by atoms with van der Waals surface area (Å²) in [6.45, 7) is 6.24. The molecule has 0 rings (SSSR count). The fourth-order valence-corrected chi connectivity index (χ4v) is 1.16. The van der Waals surface area contributed by atoms with Crippen molar-refractivity contribution in [2.45, 2.75) is 46.1 Å². The van der Waals surface area contributed by atoms with Gasteiger partial charge in [-0.15, -0.1) is 0 Å². The van der Waals surface area contributed by atoms with E-state index in [9.17, 15) is 9.59 Å². The van der Waals surface area contributed by atoms with Crippen molar-refractivity contribution in [3.05, 3.63) is 0 Å². The SMILES string of the molecule is CCCOC(=O)NC(CCC)C(=O)OCC. The molecule has 0 spiro atoms. The molecule has 1 amide bonds. The molecule has 0 saturated heterocycles. The fourth-order valence-electron chi connectivity index (χ4n) is 1.16. The second-order valence-electron chi connectivity index (χ2n) is 3.37. The van der Waals surface area contributed by atoms with Gasteiger partial charge in [0.1, 0.15) is 6.04 Å². The zero-order valence-corrected chi connectivity index (χ0v) is 10.2. The van der Waals surface area contributed by atoms with Crippen LogP contribution in [0.15, 0.2) is 0 Å². The van der Waals surface area contributed by atoms with Gasteiger partial charge in [-0.3, -0.25) is 0 Å². The number of amides is 1. The van der Waals surface area contributed by atoms with Crippen LogP contribution in [0.25, 0.3) is 0 Å². The smallest absolute Gasteiger partial charge is 0.407 e. The quantitative estimate of drug-likeness (QED) is 0.679. The van der Waals surface area contributed by atoms with Crippen LogP contribution in [-0.2, 0) is 14.3 Å². The molecule has 0 saturated carbocycles. The van der Waals surface area contributed by atoms with Crippen molar-refractivity contribution in [1.82, 2.24) is 5.32 Å². The summed E-state index contributed by atoms with van der Waals surface area (Å²) < 4.78 is 9.69. The number of nitrogens with one attached hydrogen (secondary N) is 1. The van der Waals surface area contributed by atoms with Gasteiger partial charge in [0.25, 0.3) is 0 Å². The van der Waals surface area contributed by atoms with Crippen molar-refractivity contribution in [1.29, 1.82) is 0 Å². The first-order valence-corrected chi connectivity index (χ1v) is 5.75. The Labute approximate surface area is 96.5 Å². The van der Waals surface area contributed by atoms with E-state index < -0.39 is 18.1 Å². The molecule has 5 heteroatoms. The summed E-state index contributed by atoms with van der Waals surface area (Å²) >= 11 is 0. The van der Waals surface area contributed by atoms with Gasteiger partial charge >= 0.3 is 12.1 Å². The number of alkyl carbamates (subject to hydrolysis) is 1. The second kappa shape index (κ2) is 9.00. The molecule has 0 bridgehead atoms. The van der Waals surface area contributed by atoms with Crippen molar-refractivity contribution < 1.29 is 19.1 Å². The van der Waals surface area contributed by atoms with Gasteiger partial charge in [0.2, 0.25) is 0 Å². The number of hydrogen-bond donors (Lipinski definition) is 1. The normalized spacial score (nSPS) is 11.7. The van der Waals surface area contributed by atoms with E-state index in [1.807, 2.05) is 13.8 Å². The van der Waals surface area contributed by atoms with Crippen molar-refractivity contribution in [3.8, 4) is 0 Å². The Morgan fingerprint density at radius 2 is 1.81 bits per heavy atom. The van der Waals surface area contributed by atoms with Gasteiger partial charge in [0, 0.05) is 0 Å². The summed E-state index contributed by atoms with van der Waals surface area (Å²) in [5.74, 6) is -0.405. The fraction of sp³-hybridized carbons (Fsp3) is 0.818. The number of carbonyl (C=O) groups excluding carboxylic acids is 2. The van der Waals surface area contributed by atoms with Gasteiger partial charge in [-0.2, -0.15) is 0 Å². The first-order valence-electron chi connectivity index (χ1n) is 5.75. The Bertz CT molecular complexity index is 218. The van der Waals surface area contributed by atoms with E-state index in [1.54, 1.807) is 6.92 Å². The molecular weight excluding hydrogens is 210 g/mol. The molecule has 0 aromatic heterocycles. The van der Waals surface area contributed by atoms with Crippen LogP contribution in [-0.4, -0.2) is 31.3 Å². The highest BCUT2D eigenvalue weighted by Crippen LogP contribution is 2.00. The Morgan fingerprint density at radius 1 is 1.12 bits per heavy atom. The summed E-state index contributed by atoms with van der Waals surface area (Å²) in [5, 5.41) is 2.50. The van der Waals surface area contributed by atoms with E-state index in [4.69, 9.17) is 9.47 Å². The summed E-state index contributed by atoms with van der Waals surface area (Å²) in [4.78, 5) is 22.7. The highest BCUT2D eigenvalue weighted by molar-refractivity contribution is 5.81. The lowest BCUT2D eigenvalue weighted by molar-refractivity contribution is -0.145. The number of ether oxygens (including phenoxy) is 2. The average Bonchev–Trinajstić information content (AvgIpc) is 2.26. The number of hydrogen-bond acceptors (Lipinski definition) is 4. The van der Waals surface area contributed by atoms with Gasteiger partial charge in [0.05, 0.1) is 13.2 Å². The maximum Gasteiger partial charge on any atom is 0.407 e. The molecule has 1 unspecified atom stereocenters.